The third-order valence-electron chi connectivity index (χ3n) is 3.01. The highest BCUT2D eigenvalue weighted by Crippen LogP contribution is 2.23. The molecule has 16 heavy (non-hydrogen) atoms. The molecule has 2 rings (SSSR count). The van der Waals surface area contributed by atoms with Gasteiger partial charge in [-0.05, 0) is 36.5 Å². The second-order valence-corrected chi connectivity index (χ2v) is 4.87. The maximum Gasteiger partial charge on any atom is 0.0991 e. The number of hydrogen-bond acceptors (Lipinski definition) is 3. The molecule has 0 amide bonds. The van der Waals surface area contributed by atoms with Gasteiger partial charge in [0.05, 0.1) is 18.2 Å². The zero-order chi connectivity index (χ0) is 11.4. The van der Waals surface area contributed by atoms with Gasteiger partial charge in [-0.25, -0.2) is 0 Å². The normalized spacial score (nSPS) is 25.0. The molecule has 0 unspecified atom stereocenters. The minimum atomic E-state index is 0.435. The molecular formula is C13H15NOS. The lowest BCUT2D eigenvalue weighted by Crippen LogP contribution is -2.29. The lowest BCUT2D eigenvalue weighted by molar-refractivity contribution is 0.0596. The maximum atomic E-state index is 8.71. The summed E-state index contributed by atoms with van der Waals surface area (Å²) in [5.41, 5.74) is 1.97. The van der Waals surface area contributed by atoms with E-state index >= 15 is 0 Å². The van der Waals surface area contributed by atoms with Crippen molar-refractivity contribution in [1.29, 1.82) is 5.26 Å². The van der Waals surface area contributed by atoms with Crippen molar-refractivity contribution < 1.29 is 4.74 Å². The fourth-order valence-corrected chi connectivity index (χ4v) is 2.30. The van der Waals surface area contributed by atoms with Gasteiger partial charge in [0.2, 0.25) is 0 Å². The molecule has 1 aromatic rings. The zero-order valence-corrected chi connectivity index (χ0v) is 9.99. The Hall–Kier alpha value is -0.980. The van der Waals surface area contributed by atoms with Crippen LogP contribution in [-0.2, 0) is 11.2 Å². The van der Waals surface area contributed by atoms with Gasteiger partial charge in [0.1, 0.15) is 0 Å². The lowest BCUT2D eigenvalue weighted by Gasteiger charge is -2.28. The summed E-state index contributed by atoms with van der Waals surface area (Å²) in [5.74, 6) is 0.491. The van der Waals surface area contributed by atoms with Crippen LogP contribution in [0.3, 0.4) is 0 Å². The highest BCUT2D eigenvalue weighted by atomic mass is 32.1. The Morgan fingerprint density at radius 3 is 2.75 bits per heavy atom. The fraction of sp³-hybridized carbons (Fsp3) is 0.462. The van der Waals surface area contributed by atoms with Gasteiger partial charge in [0, 0.05) is 11.9 Å². The van der Waals surface area contributed by atoms with Crippen LogP contribution in [-0.4, -0.2) is 18.5 Å². The largest absolute Gasteiger partial charge is 0.381 e. The molecule has 84 valence electrons. The molecule has 1 aliphatic heterocycles. The number of thiol groups is 1. The van der Waals surface area contributed by atoms with E-state index in [1.165, 1.54) is 5.56 Å². The molecule has 0 aliphatic carbocycles. The minimum Gasteiger partial charge on any atom is -0.381 e. The summed E-state index contributed by atoms with van der Waals surface area (Å²) >= 11 is 4.59. The van der Waals surface area contributed by atoms with Crippen molar-refractivity contribution in [1.82, 2.24) is 0 Å². The van der Waals surface area contributed by atoms with E-state index in [1.54, 1.807) is 0 Å². The van der Waals surface area contributed by atoms with Crippen molar-refractivity contribution in [2.45, 2.75) is 18.1 Å². The van der Waals surface area contributed by atoms with Crippen LogP contribution >= 0.6 is 12.6 Å². The average molecular weight is 233 g/mol. The van der Waals surface area contributed by atoms with E-state index in [-0.39, 0.29) is 0 Å². The van der Waals surface area contributed by atoms with Crippen LogP contribution in [0.25, 0.3) is 0 Å². The maximum absolute atomic E-state index is 8.71. The van der Waals surface area contributed by atoms with Crippen molar-refractivity contribution in [2.75, 3.05) is 13.2 Å². The topological polar surface area (TPSA) is 33.0 Å². The number of benzene rings is 1. The Bertz CT molecular complexity index is 382. The van der Waals surface area contributed by atoms with E-state index in [2.05, 4.69) is 18.7 Å². The van der Waals surface area contributed by atoms with Crippen LogP contribution in [0.15, 0.2) is 24.3 Å². The zero-order valence-electron chi connectivity index (χ0n) is 9.10. The van der Waals surface area contributed by atoms with E-state index in [0.717, 1.165) is 26.1 Å². The molecule has 2 nitrogen and oxygen atoms in total. The molecule has 1 aromatic carbocycles. The molecule has 0 radical (unpaired) electrons. The summed E-state index contributed by atoms with van der Waals surface area (Å²) in [6.45, 7) is 1.63. The summed E-state index contributed by atoms with van der Waals surface area (Å²) in [7, 11) is 0. The molecular weight excluding hydrogens is 218 g/mol. The Labute approximate surface area is 102 Å². The fourth-order valence-electron chi connectivity index (χ4n) is 2.00. The van der Waals surface area contributed by atoms with Gasteiger partial charge in [-0.15, -0.1) is 0 Å². The van der Waals surface area contributed by atoms with Crippen LogP contribution in [0.4, 0.5) is 0 Å². The van der Waals surface area contributed by atoms with E-state index in [0.29, 0.717) is 16.7 Å². The Morgan fingerprint density at radius 2 is 2.12 bits per heavy atom. The summed E-state index contributed by atoms with van der Waals surface area (Å²) < 4.78 is 5.47. The number of rotatable bonds is 2. The van der Waals surface area contributed by atoms with Gasteiger partial charge < -0.3 is 4.74 Å². The monoisotopic (exact) mass is 233 g/mol. The molecule has 0 N–H and O–H groups in total. The van der Waals surface area contributed by atoms with Crippen molar-refractivity contribution in [2.24, 2.45) is 5.92 Å². The number of ether oxygens (including phenoxy) is 1. The van der Waals surface area contributed by atoms with Gasteiger partial charge in [-0.2, -0.15) is 17.9 Å². The molecule has 1 heterocycles. The second-order valence-electron chi connectivity index (χ2n) is 4.20. The molecule has 2 atom stereocenters. The first kappa shape index (κ1) is 11.5. The Morgan fingerprint density at radius 1 is 1.38 bits per heavy atom. The molecule has 0 bridgehead atoms. The third kappa shape index (κ3) is 2.78. The molecule has 0 spiro atoms. The van der Waals surface area contributed by atoms with E-state index in [9.17, 15) is 0 Å². The molecule has 1 fully saturated rings. The van der Waals surface area contributed by atoms with Crippen molar-refractivity contribution >= 4 is 12.6 Å². The first-order valence-corrected chi connectivity index (χ1v) is 6.06. The van der Waals surface area contributed by atoms with Crippen LogP contribution in [0, 0.1) is 17.2 Å². The van der Waals surface area contributed by atoms with Gasteiger partial charge >= 0.3 is 0 Å². The highest BCUT2D eigenvalue weighted by molar-refractivity contribution is 7.81. The predicted molar refractivity (Wildman–Crippen MR) is 66.6 cm³/mol. The van der Waals surface area contributed by atoms with Crippen LogP contribution in [0.2, 0.25) is 0 Å². The Balaban J connectivity index is 2.00. The molecule has 0 saturated carbocycles. The van der Waals surface area contributed by atoms with E-state index in [1.807, 2.05) is 24.3 Å². The summed E-state index contributed by atoms with van der Waals surface area (Å²) in [4.78, 5) is 0. The SMILES string of the molecule is N#Cc1ccc(C[C@@H]2COCC[C@@H]2S)cc1. The van der Waals surface area contributed by atoms with E-state index < -0.39 is 0 Å². The Kier molecular flexibility index (Phi) is 3.87. The van der Waals surface area contributed by atoms with Crippen molar-refractivity contribution in [3.05, 3.63) is 35.4 Å². The summed E-state index contributed by atoms with van der Waals surface area (Å²) in [6.07, 6.45) is 2.02. The third-order valence-corrected chi connectivity index (χ3v) is 3.69. The standard InChI is InChI=1S/C13H15NOS/c14-8-11-3-1-10(2-4-11)7-12-9-15-6-5-13(12)16/h1-4,12-13,16H,5-7,9H2/t12-,13+/m1/s1. The van der Waals surface area contributed by atoms with Gasteiger partial charge in [-0.1, -0.05) is 12.1 Å². The average Bonchev–Trinajstić information content (AvgIpc) is 2.33. The van der Waals surface area contributed by atoms with Crippen LogP contribution < -0.4 is 0 Å². The predicted octanol–water partition coefficient (Wildman–Crippen LogP) is 2.44. The minimum absolute atomic E-state index is 0.435. The number of hydrogen-bond donors (Lipinski definition) is 1. The first-order chi connectivity index (χ1) is 7.79. The van der Waals surface area contributed by atoms with Gasteiger partial charge in [-0.3, -0.25) is 0 Å². The van der Waals surface area contributed by atoms with Gasteiger partial charge in [0.15, 0.2) is 0 Å². The van der Waals surface area contributed by atoms with Crippen molar-refractivity contribution in [3.8, 4) is 6.07 Å². The lowest BCUT2D eigenvalue weighted by atomic mass is 9.93. The molecule has 1 aliphatic rings. The van der Waals surface area contributed by atoms with Gasteiger partial charge in [0.25, 0.3) is 0 Å². The first-order valence-electron chi connectivity index (χ1n) is 5.54. The summed E-state index contributed by atoms with van der Waals surface area (Å²) in [6, 6.07) is 9.90. The smallest absolute Gasteiger partial charge is 0.0991 e. The molecule has 3 heteroatoms. The molecule has 0 aromatic heterocycles. The highest BCUT2D eigenvalue weighted by Gasteiger charge is 2.22. The summed E-state index contributed by atoms with van der Waals surface area (Å²) in [5, 5.41) is 9.14. The quantitative estimate of drug-likeness (QED) is 0.796. The van der Waals surface area contributed by atoms with Crippen molar-refractivity contribution in [3.63, 3.8) is 0 Å². The van der Waals surface area contributed by atoms with Crippen LogP contribution in [0.5, 0.6) is 0 Å². The number of nitriles is 1. The van der Waals surface area contributed by atoms with E-state index in [4.69, 9.17) is 10.00 Å². The van der Waals surface area contributed by atoms with Crippen LogP contribution in [0.1, 0.15) is 17.5 Å². The second kappa shape index (κ2) is 5.38. The number of nitrogens with zero attached hydrogens (tertiary/aromatic N) is 1. The molecule has 1 saturated heterocycles.